The van der Waals surface area contributed by atoms with E-state index >= 15 is 0 Å². The SMILES string of the molecule is CCCCCCCCOCCCNS(=O)(=O)Cc1ccccc1. The molecule has 1 aromatic carbocycles. The van der Waals surface area contributed by atoms with E-state index in [0.717, 1.165) is 18.6 Å². The summed E-state index contributed by atoms with van der Waals surface area (Å²) in [6, 6.07) is 9.22. The van der Waals surface area contributed by atoms with Gasteiger partial charge in [-0.2, -0.15) is 0 Å². The zero-order chi connectivity index (χ0) is 16.8. The maximum Gasteiger partial charge on any atom is 0.215 e. The molecule has 132 valence electrons. The fourth-order valence-corrected chi connectivity index (χ4v) is 3.52. The van der Waals surface area contributed by atoms with Gasteiger partial charge < -0.3 is 4.74 Å². The molecule has 0 bridgehead atoms. The van der Waals surface area contributed by atoms with Crippen molar-refractivity contribution in [3.05, 3.63) is 35.9 Å². The molecule has 0 fully saturated rings. The Morgan fingerprint density at radius 2 is 1.57 bits per heavy atom. The number of hydrogen-bond acceptors (Lipinski definition) is 3. The molecule has 4 nitrogen and oxygen atoms in total. The van der Waals surface area contributed by atoms with E-state index < -0.39 is 10.0 Å². The molecule has 0 atom stereocenters. The van der Waals surface area contributed by atoms with Crippen molar-refractivity contribution in [2.24, 2.45) is 0 Å². The van der Waals surface area contributed by atoms with E-state index in [1.807, 2.05) is 30.3 Å². The molecule has 1 N–H and O–H groups in total. The summed E-state index contributed by atoms with van der Waals surface area (Å²) in [6.07, 6.45) is 8.24. The number of benzene rings is 1. The average Bonchev–Trinajstić information content (AvgIpc) is 2.53. The van der Waals surface area contributed by atoms with Gasteiger partial charge in [-0.1, -0.05) is 69.4 Å². The Labute approximate surface area is 141 Å². The topological polar surface area (TPSA) is 55.4 Å². The van der Waals surface area contributed by atoms with Crippen molar-refractivity contribution in [3.8, 4) is 0 Å². The van der Waals surface area contributed by atoms with Crippen LogP contribution in [0.2, 0.25) is 0 Å². The van der Waals surface area contributed by atoms with Crippen LogP contribution in [0.25, 0.3) is 0 Å². The fourth-order valence-electron chi connectivity index (χ4n) is 2.33. The summed E-state index contributed by atoms with van der Waals surface area (Å²) in [5, 5.41) is 0. The minimum Gasteiger partial charge on any atom is -0.381 e. The van der Waals surface area contributed by atoms with Crippen LogP contribution in [0.15, 0.2) is 30.3 Å². The van der Waals surface area contributed by atoms with Gasteiger partial charge in [0.25, 0.3) is 0 Å². The molecule has 23 heavy (non-hydrogen) atoms. The highest BCUT2D eigenvalue weighted by Crippen LogP contribution is 2.05. The van der Waals surface area contributed by atoms with Crippen LogP contribution < -0.4 is 4.72 Å². The quantitative estimate of drug-likeness (QED) is 0.523. The molecule has 5 heteroatoms. The molecule has 1 aromatic rings. The maximum atomic E-state index is 11.9. The van der Waals surface area contributed by atoms with Crippen LogP contribution >= 0.6 is 0 Å². The molecule has 0 radical (unpaired) electrons. The summed E-state index contributed by atoms with van der Waals surface area (Å²) in [5.74, 6) is 0.0342. The fraction of sp³-hybridized carbons (Fsp3) is 0.667. The third-order valence-corrected chi connectivity index (χ3v) is 4.99. The second-order valence-electron chi connectivity index (χ2n) is 5.87. The van der Waals surface area contributed by atoms with Crippen molar-refractivity contribution < 1.29 is 13.2 Å². The molecular weight excluding hydrogens is 310 g/mol. The van der Waals surface area contributed by atoms with E-state index in [-0.39, 0.29) is 5.75 Å². The monoisotopic (exact) mass is 341 g/mol. The first-order chi connectivity index (χ1) is 11.1. The van der Waals surface area contributed by atoms with Gasteiger partial charge in [0.15, 0.2) is 0 Å². The van der Waals surface area contributed by atoms with Gasteiger partial charge in [0.1, 0.15) is 0 Å². The second kappa shape index (κ2) is 12.5. The summed E-state index contributed by atoms with van der Waals surface area (Å²) < 4.78 is 32.0. The number of unbranched alkanes of at least 4 members (excludes halogenated alkanes) is 5. The van der Waals surface area contributed by atoms with E-state index in [1.54, 1.807) is 0 Å². The van der Waals surface area contributed by atoms with Crippen molar-refractivity contribution in [1.29, 1.82) is 0 Å². The number of hydrogen-bond donors (Lipinski definition) is 1. The lowest BCUT2D eigenvalue weighted by atomic mass is 10.1. The number of rotatable bonds is 14. The van der Waals surface area contributed by atoms with Gasteiger partial charge in [0, 0.05) is 19.8 Å². The first-order valence-electron chi connectivity index (χ1n) is 8.73. The second-order valence-corrected chi connectivity index (χ2v) is 7.68. The molecular formula is C18H31NO3S. The Balaban J connectivity index is 1.98. The molecule has 0 saturated carbocycles. The standard InChI is InChI=1S/C18H31NO3S/c1-2-3-4-5-6-10-15-22-16-11-14-19-23(20,21)17-18-12-8-7-9-13-18/h7-9,12-13,19H,2-6,10-11,14-17H2,1H3. The Hall–Kier alpha value is -0.910. The van der Waals surface area contributed by atoms with Crippen LogP contribution in [-0.4, -0.2) is 28.2 Å². The van der Waals surface area contributed by atoms with Gasteiger partial charge in [-0.15, -0.1) is 0 Å². The number of sulfonamides is 1. The Bertz CT molecular complexity index is 488. The molecule has 0 aromatic heterocycles. The summed E-state index contributed by atoms with van der Waals surface area (Å²) in [6.45, 7) is 4.05. The lowest BCUT2D eigenvalue weighted by molar-refractivity contribution is 0.128. The summed E-state index contributed by atoms with van der Waals surface area (Å²) >= 11 is 0. The number of ether oxygens (including phenoxy) is 1. The van der Waals surface area contributed by atoms with Crippen LogP contribution in [0.3, 0.4) is 0 Å². The van der Waals surface area contributed by atoms with Crippen LogP contribution in [0.4, 0.5) is 0 Å². The molecule has 0 saturated heterocycles. The highest BCUT2D eigenvalue weighted by Gasteiger charge is 2.10. The molecule has 0 amide bonds. The highest BCUT2D eigenvalue weighted by molar-refractivity contribution is 7.88. The third-order valence-electron chi connectivity index (χ3n) is 3.63. The average molecular weight is 342 g/mol. The van der Waals surface area contributed by atoms with Gasteiger partial charge in [-0.25, -0.2) is 13.1 Å². The minimum atomic E-state index is -3.25. The molecule has 0 unspecified atom stereocenters. The van der Waals surface area contributed by atoms with Crippen LogP contribution in [0.5, 0.6) is 0 Å². The Kier molecular flexibility index (Phi) is 10.9. The zero-order valence-electron chi connectivity index (χ0n) is 14.3. The predicted molar refractivity (Wildman–Crippen MR) is 95.9 cm³/mol. The van der Waals surface area contributed by atoms with Crippen LogP contribution in [0.1, 0.15) is 57.4 Å². The third kappa shape index (κ3) is 11.3. The smallest absolute Gasteiger partial charge is 0.215 e. The van der Waals surface area contributed by atoms with Crippen LogP contribution in [0, 0.1) is 0 Å². The summed E-state index contributed by atoms with van der Waals surface area (Å²) in [5.41, 5.74) is 0.805. The summed E-state index contributed by atoms with van der Waals surface area (Å²) in [7, 11) is -3.25. The van der Waals surface area contributed by atoms with Crippen molar-refractivity contribution >= 4 is 10.0 Å². The Morgan fingerprint density at radius 1 is 0.913 bits per heavy atom. The molecule has 0 aliphatic carbocycles. The van der Waals surface area contributed by atoms with Crippen molar-refractivity contribution in [2.45, 2.75) is 57.6 Å². The van der Waals surface area contributed by atoms with Crippen molar-refractivity contribution in [3.63, 3.8) is 0 Å². The van der Waals surface area contributed by atoms with Crippen molar-refractivity contribution in [2.75, 3.05) is 19.8 Å². The van der Waals surface area contributed by atoms with Crippen LogP contribution in [-0.2, 0) is 20.5 Å². The first kappa shape index (κ1) is 20.1. The first-order valence-corrected chi connectivity index (χ1v) is 10.4. The van der Waals surface area contributed by atoms with Gasteiger partial charge in [0.05, 0.1) is 5.75 Å². The summed E-state index contributed by atoms with van der Waals surface area (Å²) in [4.78, 5) is 0. The largest absolute Gasteiger partial charge is 0.381 e. The van der Waals surface area contributed by atoms with E-state index in [9.17, 15) is 8.42 Å². The van der Waals surface area contributed by atoms with E-state index in [0.29, 0.717) is 19.6 Å². The number of nitrogens with one attached hydrogen (secondary N) is 1. The normalized spacial score (nSPS) is 11.7. The predicted octanol–water partition coefficient (Wildman–Crippen LogP) is 3.87. The molecule has 0 aliphatic heterocycles. The highest BCUT2D eigenvalue weighted by atomic mass is 32.2. The van der Waals surface area contributed by atoms with Crippen molar-refractivity contribution in [1.82, 2.24) is 4.72 Å². The zero-order valence-corrected chi connectivity index (χ0v) is 15.1. The minimum absolute atomic E-state index is 0.0342. The molecule has 0 spiro atoms. The van der Waals surface area contributed by atoms with Gasteiger partial charge >= 0.3 is 0 Å². The van der Waals surface area contributed by atoms with E-state index in [1.165, 1.54) is 32.1 Å². The Morgan fingerprint density at radius 3 is 2.30 bits per heavy atom. The molecule has 0 heterocycles. The van der Waals surface area contributed by atoms with Gasteiger partial charge in [-0.05, 0) is 18.4 Å². The molecule has 1 rings (SSSR count). The van der Waals surface area contributed by atoms with E-state index in [4.69, 9.17) is 4.74 Å². The lowest BCUT2D eigenvalue weighted by Crippen LogP contribution is -2.26. The lowest BCUT2D eigenvalue weighted by Gasteiger charge is -2.07. The van der Waals surface area contributed by atoms with E-state index in [2.05, 4.69) is 11.6 Å². The molecule has 0 aliphatic rings. The maximum absolute atomic E-state index is 11.9. The van der Waals surface area contributed by atoms with Gasteiger partial charge in [0.2, 0.25) is 10.0 Å². The van der Waals surface area contributed by atoms with Gasteiger partial charge in [-0.3, -0.25) is 0 Å².